The molecule has 176 valence electrons. The van der Waals surface area contributed by atoms with Crippen LogP contribution in [0.5, 0.6) is 0 Å². The number of para-hydroxylation sites is 1. The summed E-state index contributed by atoms with van der Waals surface area (Å²) in [5, 5.41) is 10.0. The van der Waals surface area contributed by atoms with Gasteiger partial charge in [0.1, 0.15) is 11.2 Å². The summed E-state index contributed by atoms with van der Waals surface area (Å²) in [6.45, 7) is 5.25. The fourth-order valence-electron chi connectivity index (χ4n) is 5.68. The van der Waals surface area contributed by atoms with Crippen LogP contribution in [0.1, 0.15) is 6.92 Å². The number of furan rings is 1. The summed E-state index contributed by atoms with van der Waals surface area (Å²) in [5.74, 6) is 0. The Kier molecular flexibility index (Phi) is 4.87. The van der Waals surface area contributed by atoms with Gasteiger partial charge in [0.2, 0.25) is 0 Å². The molecule has 0 saturated heterocycles. The number of benzene rings is 6. The SMILES string of the molecule is C=CC.c1ccc2c(c1)ccc1c2c2c3ccccc3ccc2n1-c1ccc2oc3ccccc3c2c1. The number of fused-ring (bicyclic) bond motifs is 10. The van der Waals surface area contributed by atoms with Crippen molar-refractivity contribution in [1.82, 2.24) is 4.57 Å². The first-order valence-corrected chi connectivity index (χ1v) is 12.6. The van der Waals surface area contributed by atoms with E-state index in [0.717, 1.165) is 27.6 Å². The normalized spacial score (nSPS) is 11.5. The van der Waals surface area contributed by atoms with Crippen LogP contribution in [-0.4, -0.2) is 4.57 Å². The lowest BCUT2D eigenvalue weighted by molar-refractivity contribution is 0.669. The average molecular weight is 476 g/mol. The van der Waals surface area contributed by atoms with E-state index in [1.807, 2.05) is 19.1 Å². The molecule has 0 aliphatic carbocycles. The van der Waals surface area contributed by atoms with Crippen molar-refractivity contribution in [3.63, 3.8) is 0 Å². The van der Waals surface area contributed by atoms with Gasteiger partial charge in [0.15, 0.2) is 0 Å². The Bertz CT molecular complexity index is 2030. The zero-order valence-electron chi connectivity index (χ0n) is 20.6. The van der Waals surface area contributed by atoms with Crippen molar-refractivity contribution >= 4 is 65.3 Å². The number of nitrogens with zero attached hydrogens (tertiary/aromatic N) is 1. The first-order chi connectivity index (χ1) is 18.3. The molecule has 0 fully saturated rings. The smallest absolute Gasteiger partial charge is 0.135 e. The van der Waals surface area contributed by atoms with E-state index in [2.05, 4.69) is 114 Å². The summed E-state index contributed by atoms with van der Waals surface area (Å²) in [6, 6.07) is 41.2. The maximum absolute atomic E-state index is 6.11. The fourth-order valence-corrected chi connectivity index (χ4v) is 5.68. The molecule has 0 amide bonds. The molecule has 0 spiro atoms. The highest BCUT2D eigenvalue weighted by atomic mass is 16.3. The molecule has 0 bridgehead atoms. The minimum Gasteiger partial charge on any atom is -0.456 e. The standard InChI is InChI=1S/C32H19NO.C3H6/c1-3-9-23-20(7-1)13-16-27-31(23)32-24-10-4-2-8-21(24)14-17-28(32)33(27)22-15-18-30-26(19-22)25-11-5-6-12-29(25)34-30;1-3-2/h1-19H;3H,1H2,2H3. The van der Waals surface area contributed by atoms with Crippen LogP contribution in [0.4, 0.5) is 0 Å². The highest BCUT2D eigenvalue weighted by Gasteiger charge is 2.18. The topological polar surface area (TPSA) is 18.1 Å². The maximum atomic E-state index is 6.11. The van der Waals surface area contributed by atoms with Crippen molar-refractivity contribution in [2.75, 3.05) is 0 Å². The largest absolute Gasteiger partial charge is 0.456 e. The predicted octanol–water partition coefficient (Wildman–Crippen LogP) is 10.2. The van der Waals surface area contributed by atoms with E-state index in [-0.39, 0.29) is 0 Å². The van der Waals surface area contributed by atoms with Crippen LogP contribution < -0.4 is 0 Å². The second kappa shape index (κ2) is 8.39. The monoisotopic (exact) mass is 475 g/mol. The fraction of sp³-hybridized carbons (Fsp3) is 0.0286. The summed E-state index contributed by atoms with van der Waals surface area (Å²) in [4.78, 5) is 0. The Morgan fingerprint density at radius 1 is 0.568 bits per heavy atom. The minimum atomic E-state index is 0.918. The number of hydrogen-bond acceptors (Lipinski definition) is 1. The average Bonchev–Trinajstić information content (AvgIpc) is 3.49. The van der Waals surface area contributed by atoms with Gasteiger partial charge in [0, 0.05) is 27.2 Å². The van der Waals surface area contributed by atoms with Gasteiger partial charge < -0.3 is 8.98 Å². The van der Waals surface area contributed by atoms with Gasteiger partial charge in [0.05, 0.1) is 11.0 Å². The van der Waals surface area contributed by atoms with Gasteiger partial charge >= 0.3 is 0 Å². The van der Waals surface area contributed by atoms with E-state index in [4.69, 9.17) is 4.42 Å². The molecule has 0 radical (unpaired) electrons. The highest BCUT2D eigenvalue weighted by Crippen LogP contribution is 2.41. The van der Waals surface area contributed by atoms with Gasteiger partial charge in [-0.1, -0.05) is 84.9 Å². The van der Waals surface area contributed by atoms with Crippen molar-refractivity contribution in [2.45, 2.75) is 6.92 Å². The predicted molar refractivity (Wildman–Crippen MR) is 159 cm³/mol. The lowest BCUT2D eigenvalue weighted by Gasteiger charge is -2.09. The molecule has 2 heterocycles. The molecule has 2 nitrogen and oxygen atoms in total. The summed E-state index contributed by atoms with van der Waals surface area (Å²) in [6.07, 6.45) is 1.75. The zero-order valence-corrected chi connectivity index (χ0v) is 20.6. The van der Waals surface area contributed by atoms with Crippen molar-refractivity contribution in [3.05, 3.63) is 128 Å². The molecule has 8 rings (SSSR count). The van der Waals surface area contributed by atoms with E-state index in [0.29, 0.717) is 0 Å². The number of hydrogen-bond donors (Lipinski definition) is 0. The maximum Gasteiger partial charge on any atom is 0.135 e. The molecule has 0 unspecified atom stereocenters. The van der Waals surface area contributed by atoms with Crippen LogP contribution >= 0.6 is 0 Å². The second-order valence-electron chi connectivity index (χ2n) is 9.38. The Morgan fingerprint density at radius 2 is 1.08 bits per heavy atom. The molecule has 2 heteroatoms. The van der Waals surface area contributed by atoms with Crippen molar-refractivity contribution < 1.29 is 4.42 Å². The van der Waals surface area contributed by atoms with Crippen LogP contribution in [0.3, 0.4) is 0 Å². The molecule has 37 heavy (non-hydrogen) atoms. The third-order valence-electron chi connectivity index (χ3n) is 7.16. The third-order valence-corrected chi connectivity index (χ3v) is 7.16. The quantitative estimate of drug-likeness (QED) is 0.216. The highest BCUT2D eigenvalue weighted by molar-refractivity contribution is 6.28. The zero-order chi connectivity index (χ0) is 24.9. The third kappa shape index (κ3) is 3.19. The number of rotatable bonds is 1. The van der Waals surface area contributed by atoms with Gasteiger partial charge in [-0.15, -0.1) is 6.58 Å². The molecule has 0 saturated carbocycles. The first kappa shape index (κ1) is 21.5. The lowest BCUT2D eigenvalue weighted by Crippen LogP contribution is -1.93. The van der Waals surface area contributed by atoms with E-state index >= 15 is 0 Å². The Balaban J connectivity index is 0.000000738. The Labute approximate surface area is 214 Å². The van der Waals surface area contributed by atoms with Gasteiger partial charge in [-0.05, 0) is 64.9 Å². The van der Waals surface area contributed by atoms with Gasteiger partial charge in [-0.3, -0.25) is 0 Å². The van der Waals surface area contributed by atoms with Crippen LogP contribution in [0.25, 0.3) is 71.0 Å². The van der Waals surface area contributed by atoms with E-state index in [1.54, 1.807) is 6.08 Å². The van der Waals surface area contributed by atoms with Crippen molar-refractivity contribution in [3.8, 4) is 5.69 Å². The van der Waals surface area contributed by atoms with Crippen LogP contribution in [0, 0.1) is 0 Å². The molecule has 0 atom stereocenters. The van der Waals surface area contributed by atoms with Crippen molar-refractivity contribution in [2.24, 2.45) is 0 Å². The Morgan fingerprint density at radius 3 is 1.70 bits per heavy atom. The molecule has 0 N–H and O–H groups in total. The number of aromatic nitrogens is 1. The van der Waals surface area contributed by atoms with E-state index in [9.17, 15) is 0 Å². The van der Waals surface area contributed by atoms with E-state index < -0.39 is 0 Å². The van der Waals surface area contributed by atoms with Gasteiger partial charge in [-0.25, -0.2) is 0 Å². The van der Waals surface area contributed by atoms with Crippen LogP contribution in [0.2, 0.25) is 0 Å². The Hall–Kier alpha value is -4.82. The molecular weight excluding hydrogens is 450 g/mol. The summed E-state index contributed by atoms with van der Waals surface area (Å²) < 4.78 is 8.51. The number of allylic oxidation sites excluding steroid dienone is 1. The summed E-state index contributed by atoms with van der Waals surface area (Å²) in [5.41, 5.74) is 5.43. The molecule has 6 aromatic carbocycles. The minimum absolute atomic E-state index is 0.918. The molecule has 0 aliphatic heterocycles. The van der Waals surface area contributed by atoms with Gasteiger partial charge in [-0.2, -0.15) is 0 Å². The van der Waals surface area contributed by atoms with Crippen LogP contribution in [-0.2, 0) is 0 Å². The molecule has 2 aromatic heterocycles. The van der Waals surface area contributed by atoms with Gasteiger partial charge in [0.25, 0.3) is 0 Å². The second-order valence-corrected chi connectivity index (χ2v) is 9.38. The molecule has 8 aromatic rings. The first-order valence-electron chi connectivity index (χ1n) is 12.6. The summed E-state index contributed by atoms with van der Waals surface area (Å²) >= 11 is 0. The van der Waals surface area contributed by atoms with Crippen molar-refractivity contribution in [1.29, 1.82) is 0 Å². The summed E-state index contributed by atoms with van der Waals surface area (Å²) in [7, 11) is 0. The molecule has 0 aliphatic rings. The lowest BCUT2D eigenvalue weighted by atomic mass is 10.00. The van der Waals surface area contributed by atoms with E-state index in [1.165, 1.54) is 43.4 Å². The van der Waals surface area contributed by atoms with Crippen LogP contribution in [0.15, 0.2) is 132 Å². The molecular formula is C35H25NO.